The van der Waals surface area contributed by atoms with E-state index in [-0.39, 0.29) is 0 Å². The lowest BCUT2D eigenvalue weighted by Crippen LogP contribution is -1.86. The molecule has 17 heavy (non-hydrogen) atoms. The summed E-state index contributed by atoms with van der Waals surface area (Å²) in [6, 6.07) is 10.5. The number of nitrogens with zero attached hydrogens (tertiary/aromatic N) is 2. The summed E-state index contributed by atoms with van der Waals surface area (Å²) in [5.41, 5.74) is 2.95. The molecule has 0 saturated carbocycles. The molecule has 0 amide bonds. The molecule has 1 heterocycles. The maximum absolute atomic E-state index is 8.89. The molecule has 2 aromatic rings. The summed E-state index contributed by atoms with van der Waals surface area (Å²) in [5.74, 6) is 0.539. The van der Waals surface area contributed by atoms with Gasteiger partial charge in [-0.1, -0.05) is 38.1 Å². The first kappa shape index (κ1) is 11.8. The quantitative estimate of drug-likeness (QED) is 0.794. The van der Waals surface area contributed by atoms with Crippen LogP contribution >= 0.6 is 11.3 Å². The largest absolute Gasteiger partial charge is 0.225 e. The predicted molar refractivity (Wildman–Crippen MR) is 71.1 cm³/mol. The number of aromatic nitrogens is 1. The molecule has 2 nitrogen and oxygen atoms in total. The van der Waals surface area contributed by atoms with Gasteiger partial charge < -0.3 is 0 Å². The van der Waals surface area contributed by atoms with Crippen molar-refractivity contribution < 1.29 is 0 Å². The molecule has 0 bridgehead atoms. The molecule has 0 aliphatic heterocycles. The smallest absolute Gasteiger partial charge is 0.155 e. The Hall–Kier alpha value is -1.66. The Morgan fingerprint density at radius 1 is 1.24 bits per heavy atom. The number of hydrogen-bond donors (Lipinski definition) is 0. The van der Waals surface area contributed by atoms with Crippen LogP contribution in [0.4, 0.5) is 0 Å². The number of hydrogen-bond acceptors (Lipinski definition) is 3. The summed E-state index contributed by atoms with van der Waals surface area (Å²) < 4.78 is 0. The van der Waals surface area contributed by atoms with Crippen LogP contribution in [0.2, 0.25) is 0 Å². The van der Waals surface area contributed by atoms with Crippen LogP contribution in [0, 0.1) is 18.3 Å². The van der Waals surface area contributed by atoms with Gasteiger partial charge in [0.1, 0.15) is 11.1 Å². The Bertz CT molecular complexity index is 559. The summed E-state index contributed by atoms with van der Waals surface area (Å²) >= 11 is 1.57. The van der Waals surface area contributed by atoms with Gasteiger partial charge in [0.05, 0.1) is 0 Å². The van der Waals surface area contributed by atoms with E-state index in [1.807, 2.05) is 6.92 Å². The third-order valence-corrected chi connectivity index (χ3v) is 3.75. The summed E-state index contributed by atoms with van der Waals surface area (Å²) in [6.45, 7) is 6.29. The van der Waals surface area contributed by atoms with E-state index in [9.17, 15) is 0 Å². The van der Waals surface area contributed by atoms with Crippen molar-refractivity contribution in [1.29, 1.82) is 5.26 Å². The van der Waals surface area contributed by atoms with Gasteiger partial charge in [-0.2, -0.15) is 5.26 Å². The van der Waals surface area contributed by atoms with Crippen LogP contribution in [0.5, 0.6) is 0 Å². The predicted octanol–water partition coefficient (Wildman–Crippen LogP) is 4.11. The Morgan fingerprint density at radius 2 is 1.88 bits per heavy atom. The molecule has 3 heteroatoms. The molecular formula is C14H14N2S. The molecule has 0 atom stereocenters. The van der Waals surface area contributed by atoms with Crippen LogP contribution in [-0.4, -0.2) is 4.98 Å². The first-order chi connectivity index (χ1) is 8.11. The highest BCUT2D eigenvalue weighted by molar-refractivity contribution is 7.15. The number of thiazole rings is 1. The third-order valence-electron chi connectivity index (χ3n) is 2.73. The van der Waals surface area contributed by atoms with Crippen LogP contribution in [-0.2, 0) is 0 Å². The summed E-state index contributed by atoms with van der Waals surface area (Å²) in [6.07, 6.45) is 0. The maximum Gasteiger partial charge on any atom is 0.155 e. The highest BCUT2D eigenvalue weighted by atomic mass is 32.1. The SMILES string of the molecule is Cc1sc(-c2ccc(C(C)C)cc2)nc1C#N. The summed E-state index contributed by atoms with van der Waals surface area (Å²) in [4.78, 5) is 5.31. The molecule has 1 aromatic heterocycles. The topological polar surface area (TPSA) is 36.7 Å². The van der Waals surface area contributed by atoms with Crippen LogP contribution in [0.1, 0.15) is 35.9 Å². The van der Waals surface area contributed by atoms with Crippen molar-refractivity contribution >= 4 is 11.3 Å². The zero-order valence-corrected chi connectivity index (χ0v) is 11.0. The molecule has 0 fully saturated rings. The van der Waals surface area contributed by atoms with Crippen molar-refractivity contribution in [3.63, 3.8) is 0 Å². The van der Waals surface area contributed by atoms with Crippen molar-refractivity contribution in [2.75, 3.05) is 0 Å². The third kappa shape index (κ3) is 2.37. The van der Waals surface area contributed by atoms with Crippen LogP contribution in [0.15, 0.2) is 24.3 Å². The Morgan fingerprint density at radius 3 is 2.35 bits per heavy atom. The van der Waals surface area contributed by atoms with Gasteiger partial charge in [0.25, 0.3) is 0 Å². The van der Waals surface area contributed by atoms with Gasteiger partial charge in [-0.05, 0) is 18.4 Å². The normalized spacial score (nSPS) is 10.5. The minimum Gasteiger partial charge on any atom is -0.225 e. The molecule has 2 rings (SSSR count). The van der Waals surface area contributed by atoms with E-state index in [0.29, 0.717) is 11.6 Å². The molecule has 86 valence electrons. The van der Waals surface area contributed by atoms with Crippen LogP contribution < -0.4 is 0 Å². The van der Waals surface area contributed by atoms with Gasteiger partial charge in [0, 0.05) is 10.4 Å². The average Bonchev–Trinajstić information content (AvgIpc) is 2.70. The highest BCUT2D eigenvalue weighted by Gasteiger charge is 2.09. The van der Waals surface area contributed by atoms with E-state index in [0.717, 1.165) is 15.4 Å². The van der Waals surface area contributed by atoms with Crippen molar-refractivity contribution in [2.45, 2.75) is 26.7 Å². The number of aryl methyl sites for hydroxylation is 1. The van der Waals surface area contributed by atoms with Crippen LogP contribution in [0.3, 0.4) is 0 Å². The van der Waals surface area contributed by atoms with E-state index in [1.165, 1.54) is 5.56 Å². The second-order valence-corrected chi connectivity index (χ2v) is 5.52. The monoisotopic (exact) mass is 242 g/mol. The van der Waals surface area contributed by atoms with E-state index < -0.39 is 0 Å². The van der Waals surface area contributed by atoms with Crippen molar-refractivity contribution in [2.24, 2.45) is 0 Å². The lowest BCUT2D eigenvalue weighted by molar-refractivity contribution is 0.867. The molecule has 0 N–H and O–H groups in total. The van der Waals surface area contributed by atoms with E-state index in [4.69, 9.17) is 5.26 Å². The summed E-state index contributed by atoms with van der Waals surface area (Å²) in [5, 5.41) is 9.82. The van der Waals surface area contributed by atoms with Crippen LogP contribution in [0.25, 0.3) is 10.6 Å². The van der Waals surface area contributed by atoms with Crippen molar-refractivity contribution in [3.8, 4) is 16.6 Å². The lowest BCUT2D eigenvalue weighted by atomic mass is 10.0. The van der Waals surface area contributed by atoms with Crippen molar-refractivity contribution in [1.82, 2.24) is 4.98 Å². The number of rotatable bonds is 2. The maximum atomic E-state index is 8.89. The first-order valence-electron chi connectivity index (χ1n) is 5.59. The van der Waals surface area contributed by atoms with Crippen molar-refractivity contribution in [3.05, 3.63) is 40.4 Å². The Labute approximate surface area is 106 Å². The van der Waals surface area contributed by atoms with Gasteiger partial charge in [-0.25, -0.2) is 4.98 Å². The fraction of sp³-hybridized carbons (Fsp3) is 0.286. The number of nitriles is 1. The average molecular weight is 242 g/mol. The molecule has 0 saturated heterocycles. The Kier molecular flexibility index (Phi) is 3.26. The first-order valence-corrected chi connectivity index (χ1v) is 6.41. The number of benzene rings is 1. The fourth-order valence-electron chi connectivity index (χ4n) is 1.63. The standard InChI is InChI=1S/C14H14N2S/c1-9(2)11-4-6-12(7-5-11)14-16-13(8-15)10(3)17-14/h4-7,9H,1-3H3. The van der Waals surface area contributed by atoms with E-state index >= 15 is 0 Å². The van der Waals surface area contributed by atoms with Gasteiger partial charge >= 0.3 is 0 Å². The second-order valence-electron chi connectivity index (χ2n) is 4.31. The minimum absolute atomic E-state index is 0.539. The van der Waals surface area contributed by atoms with Gasteiger partial charge in [-0.15, -0.1) is 11.3 Å². The minimum atomic E-state index is 0.539. The molecule has 1 aromatic carbocycles. The lowest BCUT2D eigenvalue weighted by Gasteiger charge is -2.05. The van der Waals surface area contributed by atoms with E-state index in [2.05, 4.69) is 49.2 Å². The summed E-state index contributed by atoms with van der Waals surface area (Å²) in [7, 11) is 0. The Balaban J connectivity index is 2.37. The van der Waals surface area contributed by atoms with Gasteiger partial charge in [0.2, 0.25) is 0 Å². The molecule has 0 aliphatic rings. The van der Waals surface area contributed by atoms with Gasteiger partial charge in [-0.3, -0.25) is 0 Å². The molecule has 0 radical (unpaired) electrons. The molecule has 0 spiro atoms. The van der Waals surface area contributed by atoms with E-state index in [1.54, 1.807) is 11.3 Å². The molecule has 0 unspecified atom stereocenters. The van der Waals surface area contributed by atoms with Gasteiger partial charge in [0.15, 0.2) is 5.69 Å². The zero-order valence-electron chi connectivity index (χ0n) is 10.2. The fourth-order valence-corrected chi connectivity index (χ4v) is 2.50. The second kappa shape index (κ2) is 4.68. The zero-order chi connectivity index (χ0) is 12.4. The highest BCUT2D eigenvalue weighted by Crippen LogP contribution is 2.28. The molecular weight excluding hydrogens is 228 g/mol. The molecule has 0 aliphatic carbocycles.